The van der Waals surface area contributed by atoms with Crippen LogP contribution in [-0.2, 0) is 25.8 Å². The average molecular weight is 411 g/mol. The first kappa shape index (κ1) is 22.8. The van der Waals surface area contributed by atoms with Gasteiger partial charge in [-0.3, -0.25) is 0 Å². The second kappa shape index (κ2) is 8.00. The standard InChI is InChI=1S/C27H38O3/c1-8-30-17-23-21(11-9-18(2)15-24(28)29)27(23,7)19-10-12-20-22(16-19)26(5,6)14-13-25(20,3)4/h9-12,15-16,21,23H,8,13-14,17H2,1-7H3,(H,28,29)/b11-9+,18-15+/t21-,23-,27+/m0/s1. The molecule has 0 radical (unpaired) electrons. The maximum absolute atomic E-state index is 10.9. The normalized spacial score (nSPS) is 29.6. The van der Waals surface area contributed by atoms with Crippen molar-refractivity contribution in [3.8, 4) is 0 Å². The highest BCUT2D eigenvalue weighted by Crippen LogP contribution is 2.61. The lowest BCUT2D eigenvalue weighted by Crippen LogP contribution is -2.34. The zero-order valence-corrected chi connectivity index (χ0v) is 19.7. The van der Waals surface area contributed by atoms with E-state index in [1.54, 1.807) is 0 Å². The molecule has 0 spiro atoms. The number of ether oxygens (including phenoxy) is 1. The fourth-order valence-electron chi connectivity index (χ4n) is 5.32. The Hall–Kier alpha value is -1.87. The van der Waals surface area contributed by atoms with Gasteiger partial charge in [0.15, 0.2) is 0 Å². The molecule has 0 amide bonds. The van der Waals surface area contributed by atoms with Crippen molar-refractivity contribution in [1.82, 2.24) is 0 Å². The fourth-order valence-corrected chi connectivity index (χ4v) is 5.32. The molecule has 164 valence electrons. The highest BCUT2D eigenvalue weighted by Gasteiger charge is 2.60. The average Bonchev–Trinajstić information content (AvgIpc) is 3.25. The molecular formula is C27H38O3. The van der Waals surface area contributed by atoms with Gasteiger partial charge in [-0.05, 0) is 71.6 Å². The van der Waals surface area contributed by atoms with Crippen molar-refractivity contribution < 1.29 is 14.6 Å². The molecule has 0 aliphatic heterocycles. The Balaban J connectivity index is 1.97. The van der Waals surface area contributed by atoms with Gasteiger partial charge in [0, 0.05) is 18.1 Å². The predicted octanol–water partition coefficient (Wildman–Crippen LogP) is 6.16. The van der Waals surface area contributed by atoms with Gasteiger partial charge in [-0.2, -0.15) is 0 Å². The van der Waals surface area contributed by atoms with Crippen molar-refractivity contribution in [3.63, 3.8) is 0 Å². The van der Waals surface area contributed by atoms with Gasteiger partial charge >= 0.3 is 5.97 Å². The lowest BCUT2D eigenvalue weighted by atomic mass is 9.62. The van der Waals surface area contributed by atoms with Crippen molar-refractivity contribution in [2.45, 2.75) is 77.6 Å². The molecule has 3 heteroatoms. The van der Waals surface area contributed by atoms with Crippen LogP contribution in [0.5, 0.6) is 0 Å². The lowest BCUT2D eigenvalue weighted by Gasteiger charge is -2.42. The van der Waals surface area contributed by atoms with Crippen LogP contribution in [0.2, 0.25) is 0 Å². The van der Waals surface area contributed by atoms with Gasteiger partial charge in [0.2, 0.25) is 0 Å². The van der Waals surface area contributed by atoms with E-state index in [1.807, 2.05) is 19.9 Å². The molecule has 0 aromatic heterocycles. The highest BCUT2D eigenvalue weighted by molar-refractivity contribution is 5.81. The number of carboxylic acids is 1. The van der Waals surface area contributed by atoms with E-state index in [0.29, 0.717) is 18.4 Å². The maximum atomic E-state index is 10.9. The van der Waals surface area contributed by atoms with Crippen LogP contribution in [0.15, 0.2) is 42.0 Å². The lowest BCUT2D eigenvalue weighted by molar-refractivity contribution is -0.131. The van der Waals surface area contributed by atoms with Gasteiger partial charge in [0.25, 0.3) is 0 Å². The zero-order valence-electron chi connectivity index (χ0n) is 19.7. The van der Waals surface area contributed by atoms with Crippen LogP contribution in [0.4, 0.5) is 0 Å². The molecule has 1 aromatic carbocycles. The molecule has 0 bridgehead atoms. The molecule has 1 N–H and O–H groups in total. The van der Waals surface area contributed by atoms with Crippen LogP contribution in [0.1, 0.15) is 78.0 Å². The third-order valence-corrected chi connectivity index (χ3v) is 7.68. The van der Waals surface area contributed by atoms with E-state index < -0.39 is 5.97 Å². The Morgan fingerprint density at radius 1 is 1.13 bits per heavy atom. The molecule has 1 aromatic rings. The molecule has 1 fully saturated rings. The minimum atomic E-state index is -0.902. The van der Waals surface area contributed by atoms with Crippen LogP contribution < -0.4 is 0 Å². The number of hydrogen-bond acceptors (Lipinski definition) is 2. The number of allylic oxidation sites excluding steroid dienone is 3. The third-order valence-electron chi connectivity index (χ3n) is 7.68. The summed E-state index contributed by atoms with van der Waals surface area (Å²) >= 11 is 0. The van der Waals surface area contributed by atoms with E-state index in [2.05, 4.69) is 58.9 Å². The summed E-state index contributed by atoms with van der Waals surface area (Å²) in [6.45, 7) is 17.1. The fraction of sp³-hybridized carbons (Fsp3) is 0.593. The zero-order chi connectivity index (χ0) is 22.3. The van der Waals surface area contributed by atoms with Crippen molar-refractivity contribution in [2.75, 3.05) is 13.2 Å². The van der Waals surface area contributed by atoms with Gasteiger partial charge in [-0.1, -0.05) is 65.0 Å². The van der Waals surface area contributed by atoms with E-state index in [-0.39, 0.29) is 16.2 Å². The van der Waals surface area contributed by atoms with Crippen LogP contribution in [0.3, 0.4) is 0 Å². The number of carboxylic acid groups (broad SMARTS) is 1. The minimum Gasteiger partial charge on any atom is -0.478 e. The van der Waals surface area contributed by atoms with Crippen molar-refractivity contribution >= 4 is 5.97 Å². The third kappa shape index (κ3) is 4.14. The smallest absolute Gasteiger partial charge is 0.328 e. The number of carbonyl (C=O) groups is 1. The Kier molecular flexibility index (Phi) is 6.08. The van der Waals surface area contributed by atoms with E-state index in [1.165, 1.54) is 35.6 Å². The van der Waals surface area contributed by atoms with Crippen LogP contribution in [0.25, 0.3) is 0 Å². The Bertz CT molecular complexity index is 874. The summed E-state index contributed by atoms with van der Waals surface area (Å²) in [5, 5.41) is 8.99. The van der Waals surface area contributed by atoms with E-state index in [4.69, 9.17) is 9.84 Å². The molecule has 1 saturated carbocycles. The van der Waals surface area contributed by atoms with Gasteiger partial charge in [0.1, 0.15) is 0 Å². The predicted molar refractivity (Wildman–Crippen MR) is 123 cm³/mol. The van der Waals surface area contributed by atoms with Crippen LogP contribution >= 0.6 is 0 Å². The second-order valence-corrected chi connectivity index (χ2v) is 10.7. The first-order valence-corrected chi connectivity index (χ1v) is 11.3. The molecule has 2 aliphatic carbocycles. The molecule has 3 rings (SSSR count). The molecule has 0 unspecified atom stereocenters. The first-order chi connectivity index (χ1) is 13.9. The Morgan fingerprint density at radius 2 is 1.77 bits per heavy atom. The summed E-state index contributed by atoms with van der Waals surface area (Å²) in [5.41, 5.74) is 5.54. The van der Waals surface area contributed by atoms with E-state index in [9.17, 15) is 4.79 Å². The largest absolute Gasteiger partial charge is 0.478 e. The monoisotopic (exact) mass is 410 g/mol. The maximum Gasteiger partial charge on any atom is 0.328 e. The molecule has 3 atom stereocenters. The van der Waals surface area contributed by atoms with Crippen LogP contribution in [0, 0.1) is 11.8 Å². The molecule has 2 aliphatic rings. The van der Waals surface area contributed by atoms with Crippen LogP contribution in [-0.4, -0.2) is 24.3 Å². The number of benzene rings is 1. The van der Waals surface area contributed by atoms with Gasteiger partial charge in [-0.25, -0.2) is 4.79 Å². The van der Waals surface area contributed by atoms with Crippen molar-refractivity contribution in [2.24, 2.45) is 11.8 Å². The summed E-state index contributed by atoms with van der Waals surface area (Å²) in [4.78, 5) is 10.9. The summed E-state index contributed by atoms with van der Waals surface area (Å²) < 4.78 is 5.82. The van der Waals surface area contributed by atoms with E-state index >= 15 is 0 Å². The summed E-state index contributed by atoms with van der Waals surface area (Å²) in [5.74, 6) is -0.149. The molecular weight excluding hydrogens is 372 g/mol. The Morgan fingerprint density at radius 3 is 2.37 bits per heavy atom. The molecule has 30 heavy (non-hydrogen) atoms. The minimum absolute atomic E-state index is 0.0157. The van der Waals surface area contributed by atoms with Crippen molar-refractivity contribution in [3.05, 3.63) is 58.7 Å². The highest BCUT2D eigenvalue weighted by atomic mass is 16.5. The van der Waals surface area contributed by atoms with E-state index in [0.717, 1.165) is 12.2 Å². The topological polar surface area (TPSA) is 46.5 Å². The summed E-state index contributed by atoms with van der Waals surface area (Å²) in [7, 11) is 0. The molecule has 0 saturated heterocycles. The van der Waals surface area contributed by atoms with Gasteiger partial charge < -0.3 is 9.84 Å². The number of hydrogen-bond donors (Lipinski definition) is 1. The van der Waals surface area contributed by atoms with Gasteiger partial charge in [0.05, 0.1) is 6.61 Å². The number of aliphatic carboxylic acids is 1. The SMILES string of the molecule is CCOC[C@H]1[C@H](/C=C/C(C)=C/C(=O)O)[C@@]1(C)c1ccc2c(c1)C(C)(C)CCC2(C)C. The Labute approximate surface area is 182 Å². The van der Waals surface area contributed by atoms with Crippen molar-refractivity contribution in [1.29, 1.82) is 0 Å². The molecule has 0 heterocycles. The summed E-state index contributed by atoms with van der Waals surface area (Å²) in [6.07, 6.45) is 7.83. The first-order valence-electron chi connectivity index (χ1n) is 11.3. The number of rotatable bonds is 7. The summed E-state index contributed by atoms with van der Waals surface area (Å²) in [6, 6.07) is 7.15. The number of fused-ring (bicyclic) bond motifs is 1. The molecule has 3 nitrogen and oxygen atoms in total. The second-order valence-electron chi connectivity index (χ2n) is 10.7. The quantitative estimate of drug-likeness (QED) is 0.432. The van der Waals surface area contributed by atoms with Gasteiger partial charge in [-0.15, -0.1) is 0 Å².